The summed E-state index contributed by atoms with van der Waals surface area (Å²) < 4.78 is 17.3. The first kappa shape index (κ1) is 25.8. The van der Waals surface area contributed by atoms with Crippen LogP contribution in [0.5, 0.6) is 11.5 Å². The van der Waals surface area contributed by atoms with Crippen LogP contribution in [0.4, 0.5) is 5.69 Å². The van der Waals surface area contributed by atoms with E-state index in [1.807, 2.05) is 0 Å². The van der Waals surface area contributed by atoms with Gasteiger partial charge in [0.25, 0.3) is 11.5 Å². The van der Waals surface area contributed by atoms with Crippen LogP contribution < -0.4 is 20.3 Å². The molecule has 3 aromatic carbocycles. The number of esters is 1. The minimum Gasteiger partial charge on any atom is -0.497 e. The van der Waals surface area contributed by atoms with Gasteiger partial charge in [-0.3, -0.25) is 9.59 Å². The normalized spacial score (nSPS) is 11.6. The van der Waals surface area contributed by atoms with Gasteiger partial charge in [-0.25, -0.2) is 4.79 Å². The van der Waals surface area contributed by atoms with Crippen molar-refractivity contribution >= 4 is 39.9 Å². The highest BCUT2D eigenvalue weighted by Gasteiger charge is 2.27. The number of methoxy groups -OCH3 is 2. The Bertz CT molecular complexity index is 1550. The zero-order valence-corrected chi connectivity index (χ0v) is 21.5. The highest BCUT2D eigenvalue weighted by molar-refractivity contribution is 6.30. The predicted molar refractivity (Wildman–Crippen MR) is 143 cm³/mol. The Morgan fingerprint density at radius 3 is 2.27 bits per heavy atom. The van der Waals surface area contributed by atoms with Crippen LogP contribution in [0.25, 0.3) is 21.9 Å². The van der Waals surface area contributed by atoms with Gasteiger partial charge in [-0.1, -0.05) is 41.9 Å². The van der Waals surface area contributed by atoms with E-state index in [2.05, 4.69) is 5.32 Å². The molecule has 9 heteroatoms. The number of pyridine rings is 1. The number of hydrogen-bond acceptors (Lipinski definition) is 6. The van der Waals surface area contributed by atoms with E-state index in [1.54, 1.807) is 66.7 Å². The SMILES string of the molecule is COc1ccc(NC(=O)C(C)OC(=O)c2c(-c3ccc(Cl)cc3)c3ccccc3c(=O)n2C)c(OC)c1. The van der Waals surface area contributed by atoms with E-state index in [-0.39, 0.29) is 11.3 Å². The van der Waals surface area contributed by atoms with Crippen molar-refractivity contribution in [2.24, 2.45) is 7.05 Å². The maximum Gasteiger partial charge on any atom is 0.356 e. The number of carbonyl (C=O) groups is 2. The molecule has 0 fully saturated rings. The second-order valence-corrected chi connectivity index (χ2v) is 8.68. The van der Waals surface area contributed by atoms with Gasteiger partial charge in [0.15, 0.2) is 6.10 Å². The number of rotatable bonds is 7. The molecule has 0 aliphatic rings. The molecule has 1 N–H and O–H groups in total. The van der Waals surface area contributed by atoms with Gasteiger partial charge in [-0.2, -0.15) is 0 Å². The number of nitrogens with one attached hydrogen (secondary N) is 1. The third kappa shape index (κ3) is 5.15. The van der Waals surface area contributed by atoms with Crippen molar-refractivity contribution in [2.45, 2.75) is 13.0 Å². The average Bonchev–Trinajstić information content (AvgIpc) is 2.91. The van der Waals surface area contributed by atoms with Crippen molar-refractivity contribution in [3.63, 3.8) is 0 Å². The second kappa shape index (κ2) is 10.8. The summed E-state index contributed by atoms with van der Waals surface area (Å²) in [5.74, 6) is -0.454. The molecule has 0 bridgehead atoms. The van der Waals surface area contributed by atoms with Gasteiger partial charge < -0.3 is 24.1 Å². The molecule has 8 nitrogen and oxygen atoms in total. The van der Waals surface area contributed by atoms with Gasteiger partial charge in [-0.05, 0) is 48.2 Å². The number of carbonyl (C=O) groups excluding carboxylic acids is 2. The molecule has 1 heterocycles. The number of hydrogen-bond donors (Lipinski definition) is 1. The smallest absolute Gasteiger partial charge is 0.356 e. The van der Waals surface area contributed by atoms with E-state index < -0.39 is 18.0 Å². The van der Waals surface area contributed by atoms with Gasteiger partial charge in [0.2, 0.25) is 0 Å². The van der Waals surface area contributed by atoms with E-state index in [1.165, 1.54) is 32.8 Å². The minimum atomic E-state index is -1.18. The summed E-state index contributed by atoms with van der Waals surface area (Å²) in [6, 6.07) is 18.8. The first-order valence-electron chi connectivity index (χ1n) is 11.4. The number of aromatic nitrogens is 1. The third-order valence-electron chi connectivity index (χ3n) is 5.95. The molecule has 1 aromatic heterocycles. The van der Waals surface area contributed by atoms with Crippen molar-refractivity contribution < 1.29 is 23.8 Å². The highest BCUT2D eigenvalue weighted by Crippen LogP contribution is 2.32. The van der Waals surface area contributed by atoms with Gasteiger partial charge in [0, 0.05) is 29.1 Å². The summed E-state index contributed by atoms with van der Waals surface area (Å²) in [6.07, 6.45) is -1.18. The molecule has 0 saturated heterocycles. The molecule has 0 aliphatic heterocycles. The van der Waals surface area contributed by atoms with Gasteiger partial charge in [0.1, 0.15) is 17.2 Å². The topological polar surface area (TPSA) is 95.9 Å². The number of amides is 1. The van der Waals surface area contributed by atoms with Crippen LogP contribution in [0.1, 0.15) is 17.4 Å². The largest absolute Gasteiger partial charge is 0.497 e. The Kier molecular flexibility index (Phi) is 7.50. The summed E-state index contributed by atoms with van der Waals surface area (Å²) in [7, 11) is 4.48. The van der Waals surface area contributed by atoms with Crippen LogP contribution in [-0.2, 0) is 16.6 Å². The molecule has 4 rings (SSSR count). The Morgan fingerprint density at radius 2 is 1.62 bits per heavy atom. The molecule has 0 aliphatic carbocycles. The summed E-state index contributed by atoms with van der Waals surface area (Å²) >= 11 is 6.08. The number of anilines is 1. The van der Waals surface area contributed by atoms with Gasteiger partial charge in [-0.15, -0.1) is 0 Å². The Morgan fingerprint density at radius 1 is 0.946 bits per heavy atom. The highest BCUT2D eigenvalue weighted by atomic mass is 35.5. The molecule has 0 saturated carbocycles. The maximum atomic E-state index is 13.5. The van der Waals surface area contributed by atoms with Crippen molar-refractivity contribution in [1.29, 1.82) is 0 Å². The monoisotopic (exact) mass is 520 g/mol. The lowest BCUT2D eigenvalue weighted by atomic mass is 9.96. The number of benzene rings is 3. The number of fused-ring (bicyclic) bond motifs is 1. The van der Waals surface area contributed by atoms with E-state index in [4.69, 9.17) is 25.8 Å². The molecule has 0 radical (unpaired) electrons. The Balaban J connectivity index is 1.70. The van der Waals surface area contributed by atoms with E-state index in [0.29, 0.717) is 44.1 Å². The second-order valence-electron chi connectivity index (χ2n) is 8.24. The predicted octanol–water partition coefficient (Wildman–Crippen LogP) is 5.06. The summed E-state index contributed by atoms with van der Waals surface area (Å²) in [6.45, 7) is 1.45. The van der Waals surface area contributed by atoms with E-state index >= 15 is 0 Å². The molecule has 1 unspecified atom stereocenters. The van der Waals surface area contributed by atoms with E-state index in [0.717, 1.165) is 0 Å². The fourth-order valence-electron chi connectivity index (χ4n) is 4.02. The molecular formula is C28H25ClN2O6. The molecule has 37 heavy (non-hydrogen) atoms. The quantitative estimate of drug-likeness (QED) is 0.342. The molecule has 4 aromatic rings. The van der Waals surface area contributed by atoms with Crippen molar-refractivity contribution in [3.05, 3.63) is 87.8 Å². The average molecular weight is 521 g/mol. The molecular weight excluding hydrogens is 496 g/mol. The van der Waals surface area contributed by atoms with Crippen LogP contribution in [0, 0.1) is 0 Å². The number of nitrogens with zero attached hydrogens (tertiary/aromatic N) is 1. The number of ether oxygens (including phenoxy) is 3. The van der Waals surface area contributed by atoms with E-state index in [9.17, 15) is 14.4 Å². The first-order valence-corrected chi connectivity index (χ1v) is 11.7. The third-order valence-corrected chi connectivity index (χ3v) is 6.20. The number of halogens is 1. The summed E-state index contributed by atoms with van der Waals surface area (Å²) in [4.78, 5) is 39.5. The standard InChI is InChI=1S/C28H25ClN2O6/c1-16(26(32)30-22-14-13-19(35-3)15-23(22)36-4)37-28(34)25-24(17-9-11-18(29)12-10-17)20-7-5-6-8-21(20)27(33)31(25)2/h5-16H,1-4H3,(H,30,32). The zero-order valence-electron chi connectivity index (χ0n) is 20.7. The van der Waals surface area contributed by atoms with Crippen LogP contribution in [0.2, 0.25) is 5.02 Å². The molecule has 1 amide bonds. The lowest BCUT2D eigenvalue weighted by Gasteiger charge is -2.19. The maximum absolute atomic E-state index is 13.5. The zero-order chi connectivity index (χ0) is 26.7. The lowest BCUT2D eigenvalue weighted by molar-refractivity contribution is -0.123. The first-order chi connectivity index (χ1) is 17.7. The van der Waals surface area contributed by atoms with Crippen LogP contribution in [-0.4, -0.2) is 36.8 Å². The van der Waals surface area contributed by atoms with Crippen LogP contribution in [0.15, 0.2) is 71.5 Å². The Hall–Kier alpha value is -4.30. The fourth-order valence-corrected chi connectivity index (χ4v) is 4.14. The summed E-state index contributed by atoms with van der Waals surface area (Å²) in [5.41, 5.74) is 1.22. The van der Waals surface area contributed by atoms with Crippen molar-refractivity contribution in [1.82, 2.24) is 4.57 Å². The fraction of sp³-hybridized carbons (Fsp3) is 0.179. The van der Waals surface area contributed by atoms with Crippen molar-refractivity contribution in [3.8, 4) is 22.6 Å². The van der Waals surface area contributed by atoms with Gasteiger partial charge >= 0.3 is 5.97 Å². The molecule has 0 spiro atoms. The summed E-state index contributed by atoms with van der Waals surface area (Å²) in [5, 5.41) is 4.26. The van der Waals surface area contributed by atoms with Crippen LogP contribution in [0.3, 0.4) is 0 Å². The molecule has 1 atom stereocenters. The molecule has 190 valence electrons. The lowest BCUT2D eigenvalue weighted by Crippen LogP contribution is -2.33. The van der Waals surface area contributed by atoms with Crippen LogP contribution >= 0.6 is 11.6 Å². The van der Waals surface area contributed by atoms with Gasteiger partial charge in [0.05, 0.1) is 19.9 Å². The Labute approximate surface area is 218 Å². The minimum absolute atomic E-state index is 0.0210. The van der Waals surface area contributed by atoms with Crippen molar-refractivity contribution in [2.75, 3.05) is 19.5 Å².